The van der Waals surface area contributed by atoms with Gasteiger partial charge in [0.1, 0.15) is 12.4 Å². The van der Waals surface area contributed by atoms with E-state index < -0.39 is 18.3 Å². The van der Waals surface area contributed by atoms with Gasteiger partial charge in [-0.3, -0.25) is 10.1 Å². The van der Waals surface area contributed by atoms with E-state index in [1.54, 1.807) is 73.8 Å². The van der Waals surface area contributed by atoms with Crippen LogP contribution in [0.4, 0.5) is 21.9 Å². The smallest absolute Gasteiger partial charge is 0.412 e. The number of nitrogen functional groups attached to an aromatic ring is 1. The molecule has 200 valence electrons. The molecule has 0 fully saturated rings. The van der Waals surface area contributed by atoms with Gasteiger partial charge in [0, 0.05) is 12.8 Å². The first-order valence-corrected chi connectivity index (χ1v) is 12.2. The summed E-state index contributed by atoms with van der Waals surface area (Å²) in [7, 11) is 1.55. The van der Waals surface area contributed by atoms with Crippen molar-refractivity contribution >= 4 is 29.1 Å². The number of hydrogen-bond acceptors (Lipinski definition) is 7. The highest BCUT2D eigenvalue weighted by atomic mass is 16.6. The summed E-state index contributed by atoms with van der Waals surface area (Å²) < 4.78 is 17.0. The van der Waals surface area contributed by atoms with Crippen molar-refractivity contribution in [1.82, 2.24) is 0 Å². The van der Waals surface area contributed by atoms with E-state index in [0.29, 0.717) is 41.2 Å². The number of methoxy groups -OCH3 is 1. The van der Waals surface area contributed by atoms with E-state index in [4.69, 9.17) is 25.1 Å². The monoisotopic (exact) mass is 519 g/mol. The molecule has 9 nitrogen and oxygen atoms in total. The molecular weight excluding hydrogens is 486 g/mol. The maximum Gasteiger partial charge on any atom is 0.412 e. The summed E-state index contributed by atoms with van der Waals surface area (Å²) in [4.78, 5) is 25.0. The number of amides is 2. The fourth-order valence-electron chi connectivity index (χ4n) is 3.69. The second-order valence-electron chi connectivity index (χ2n) is 8.29. The number of carbonyl (C=O) groups excluding carboxylic acids is 2. The number of nitrogens with two attached hydrogens (primary N) is 1. The number of benzene rings is 3. The van der Waals surface area contributed by atoms with Crippen LogP contribution in [0.1, 0.15) is 24.5 Å². The Morgan fingerprint density at radius 2 is 1.68 bits per heavy atom. The van der Waals surface area contributed by atoms with Crippen molar-refractivity contribution in [3.63, 3.8) is 0 Å². The lowest BCUT2D eigenvalue weighted by Gasteiger charge is -2.26. The van der Waals surface area contributed by atoms with Gasteiger partial charge in [0.15, 0.2) is 6.10 Å². The zero-order valence-electron chi connectivity index (χ0n) is 21.2. The first-order chi connectivity index (χ1) is 18.5. The molecule has 0 aliphatic rings. The van der Waals surface area contributed by atoms with E-state index in [1.807, 2.05) is 18.2 Å². The average Bonchev–Trinajstić information content (AvgIpc) is 2.93. The molecule has 2 amide bonds. The molecule has 3 aromatic carbocycles. The van der Waals surface area contributed by atoms with Gasteiger partial charge in [-0.25, -0.2) is 4.79 Å². The SMILES string of the molecule is CO[C@H](CC/C=C/C(=O)Nc1ccccc1N)[C@H](OC(=O)Nc1ccccc1)c1ccc(OCCO)cc1. The molecule has 5 N–H and O–H groups in total. The maximum atomic E-state index is 12.7. The minimum Gasteiger partial charge on any atom is -0.491 e. The fourth-order valence-corrected chi connectivity index (χ4v) is 3.69. The topological polar surface area (TPSA) is 132 Å². The Labute approximate surface area is 222 Å². The van der Waals surface area contributed by atoms with Crippen LogP contribution in [-0.4, -0.2) is 43.5 Å². The zero-order valence-corrected chi connectivity index (χ0v) is 21.2. The second kappa shape index (κ2) is 15.0. The predicted octanol–water partition coefficient (Wildman–Crippen LogP) is 4.92. The van der Waals surface area contributed by atoms with Crippen LogP contribution in [0.2, 0.25) is 0 Å². The van der Waals surface area contributed by atoms with E-state index in [2.05, 4.69) is 10.6 Å². The van der Waals surface area contributed by atoms with Gasteiger partial charge in [-0.2, -0.15) is 0 Å². The standard InChI is InChI=1S/C29H33N3O6/c1-36-26(13-7-8-14-27(34)32-25-12-6-5-11-24(25)30)28(21-15-17-23(18-16-21)37-20-19-33)38-29(35)31-22-9-3-2-4-10-22/h2-6,8-12,14-18,26,28,33H,7,13,19-20,30H2,1H3,(H,31,35)(H,32,34)/b14-8+/t26-,28-/m1/s1. The van der Waals surface area contributed by atoms with Crippen molar-refractivity contribution in [3.05, 3.63) is 96.6 Å². The van der Waals surface area contributed by atoms with Gasteiger partial charge < -0.3 is 30.4 Å². The molecule has 9 heteroatoms. The largest absolute Gasteiger partial charge is 0.491 e. The van der Waals surface area contributed by atoms with Gasteiger partial charge in [0.05, 0.1) is 24.1 Å². The lowest BCUT2D eigenvalue weighted by molar-refractivity contribution is -0.111. The lowest BCUT2D eigenvalue weighted by atomic mass is 10.00. The number of rotatable bonds is 13. The number of anilines is 3. The number of nitrogens with one attached hydrogen (secondary N) is 2. The second-order valence-corrected chi connectivity index (χ2v) is 8.29. The van der Waals surface area contributed by atoms with Crippen LogP contribution < -0.4 is 21.1 Å². The zero-order chi connectivity index (χ0) is 27.2. The highest BCUT2D eigenvalue weighted by molar-refractivity contribution is 6.01. The minimum atomic E-state index is -0.734. The Morgan fingerprint density at radius 3 is 2.37 bits per heavy atom. The van der Waals surface area contributed by atoms with Gasteiger partial charge in [0.2, 0.25) is 5.91 Å². The molecule has 0 unspecified atom stereocenters. The predicted molar refractivity (Wildman–Crippen MR) is 147 cm³/mol. The van der Waals surface area contributed by atoms with Crippen molar-refractivity contribution in [2.24, 2.45) is 0 Å². The molecule has 0 aromatic heterocycles. The maximum absolute atomic E-state index is 12.7. The molecule has 0 radical (unpaired) electrons. The normalized spacial score (nSPS) is 12.5. The van der Waals surface area contributed by atoms with Crippen LogP contribution in [0.5, 0.6) is 5.75 Å². The highest BCUT2D eigenvalue weighted by Crippen LogP contribution is 2.29. The van der Waals surface area contributed by atoms with Gasteiger partial charge in [-0.15, -0.1) is 0 Å². The Kier molecular flexibility index (Phi) is 11.2. The Hall–Kier alpha value is -4.34. The van der Waals surface area contributed by atoms with Gasteiger partial charge >= 0.3 is 6.09 Å². The number of ether oxygens (including phenoxy) is 3. The van der Waals surface area contributed by atoms with Crippen LogP contribution >= 0.6 is 0 Å². The summed E-state index contributed by atoms with van der Waals surface area (Å²) in [6, 6.07) is 23.1. The van der Waals surface area contributed by atoms with Gasteiger partial charge in [0.25, 0.3) is 0 Å². The van der Waals surface area contributed by atoms with E-state index >= 15 is 0 Å². The van der Waals surface area contributed by atoms with Crippen molar-refractivity contribution in [2.75, 3.05) is 36.7 Å². The molecule has 0 heterocycles. The van der Waals surface area contributed by atoms with Crippen LogP contribution in [0.15, 0.2) is 91.0 Å². The van der Waals surface area contributed by atoms with Crippen molar-refractivity contribution in [1.29, 1.82) is 0 Å². The first kappa shape index (κ1) is 28.2. The van der Waals surface area contributed by atoms with Crippen LogP contribution in [0.3, 0.4) is 0 Å². The van der Waals surface area contributed by atoms with E-state index in [9.17, 15) is 9.59 Å². The molecule has 38 heavy (non-hydrogen) atoms. The quantitative estimate of drug-likeness (QED) is 0.186. The minimum absolute atomic E-state index is 0.0941. The number of carbonyl (C=O) groups is 2. The Balaban J connectivity index is 1.67. The molecule has 3 aromatic rings. The third kappa shape index (κ3) is 8.95. The summed E-state index contributed by atoms with van der Waals surface area (Å²) in [5, 5.41) is 14.4. The highest BCUT2D eigenvalue weighted by Gasteiger charge is 2.27. The third-order valence-electron chi connectivity index (χ3n) is 5.57. The van der Waals surface area contributed by atoms with E-state index in [0.717, 1.165) is 0 Å². The average molecular weight is 520 g/mol. The molecule has 2 atom stereocenters. The van der Waals surface area contributed by atoms with Crippen LogP contribution in [0, 0.1) is 0 Å². The fraction of sp³-hybridized carbons (Fsp3) is 0.241. The molecule has 0 spiro atoms. The van der Waals surface area contributed by atoms with E-state index in [1.165, 1.54) is 6.08 Å². The van der Waals surface area contributed by atoms with Crippen molar-refractivity contribution < 1.29 is 28.9 Å². The molecule has 0 aliphatic carbocycles. The molecule has 0 saturated carbocycles. The van der Waals surface area contributed by atoms with Gasteiger partial charge in [-0.05, 0) is 60.9 Å². The summed E-state index contributed by atoms with van der Waals surface area (Å²) in [5.41, 5.74) is 8.20. The summed E-state index contributed by atoms with van der Waals surface area (Å²) in [6.45, 7) is 0.0827. The Bertz CT molecular complexity index is 1180. The molecule has 0 aliphatic heterocycles. The number of para-hydroxylation sites is 3. The van der Waals surface area contributed by atoms with Gasteiger partial charge in [-0.1, -0.05) is 48.5 Å². The Morgan fingerprint density at radius 1 is 0.974 bits per heavy atom. The molecule has 0 bridgehead atoms. The first-order valence-electron chi connectivity index (χ1n) is 12.2. The summed E-state index contributed by atoms with van der Waals surface area (Å²) in [6.07, 6.45) is 2.27. The van der Waals surface area contributed by atoms with Crippen molar-refractivity contribution in [3.8, 4) is 5.75 Å². The number of allylic oxidation sites excluding steroid dienone is 1. The van der Waals surface area contributed by atoms with E-state index in [-0.39, 0.29) is 19.1 Å². The van der Waals surface area contributed by atoms with Crippen LogP contribution in [-0.2, 0) is 14.3 Å². The number of aliphatic hydroxyl groups excluding tert-OH is 1. The number of aliphatic hydroxyl groups is 1. The van der Waals surface area contributed by atoms with Crippen molar-refractivity contribution in [2.45, 2.75) is 25.0 Å². The third-order valence-corrected chi connectivity index (χ3v) is 5.57. The number of hydrogen-bond donors (Lipinski definition) is 4. The summed E-state index contributed by atoms with van der Waals surface area (Å²) >= 11 is 0. The summed E-state index contributed by atoms with van der Waals surface area (Å²) in [5.74, 6) is 0.280. The van der Waals surface area contributed by atoms with Crippen LogP contribution in [0.25, 0.3) is 0 Å². The molecular formula is C29H33N3O6. The molecule has 3 rings (SSSR count). The molecule has 0 saturated heterocycles. The lowest BCUT2D eigenvalue weighted by Crippen LogP contribution is -2.28.